The zero-order valence-electron chi connectivity index (χ0n) is 7.38. The lowest BCUT2D eigenvalue weighted by molar-refractivity contribution is -0.140. The van der Waals surface area contributed by atoms with E-state index in [1.54, 1.807) is 11.3 Å². The van der Waals surface area contributed by atoms with Gasteiger partial charge in [0.1, 0.15) is 0 Å². The summed E-state index contributed by atoms with van der Waals surface area (Å²) in [5, 5.41) is 0. The molecule has 0 spiro atoms. The molecule has 1 aromatic heterocycles. The fraction of sp³-hybridized carbons (Fsp3) is 0.444. The number of esters is 1. The van der Waals surface area contributed by atoms with Gasteiger partial charge in [0.25, 0.3) is 0 Å². The fourth-order valence-electron chi connectivity index (χ4n) is 0.924. The highest BCUT2D eigenvalue weighted by atomic mass is 35.5. The number of halogens is 1. The Morgan fingerprint density at radius 1 is 1.54 bits per heavy atom. The lowest BCUT2D eigenvalue weighted by Crippen LogP contribution is -2.01. The minimum atomic E-state index is -0.228. The second-order valence-electron chi connectivity index (χ2n) is 2.59. The Hall–Kier alpha value is -0.540. The molecule has 0 N–H and O–H groups in total. The predicted molar refractivity (Wildman–Crippen MR) is 54.2 cm³/mol. The topological polar surface area (TPSA) is 26.3 Å². The van der Waals surface area contributed by atoms with Gasteiger partial charge in [-0.2, -0.15) is 0 Å². The second kappa shape index (κ2) is 5.25. The van der Waals surface area contributed by atoms with Crippen LogP contribution in [0.5, 0.6) is 0 Å². The van der Waals surface area contributed by atoms with Crippen molar-refractivity contribution in [1.82, 2.24) is 0 Å². The van der Waals surface area contributed by atoms with Gasteiger partial charge in [-0.1, -0.05) is 0 Å². The minimum absolute atomic E-state index is 0.228. The number of thiophene rings is 1. The molecule has 0 aliphatic carbocycles. The third-order valence-corrected chi connectivity index (χ3v) is 3.09. The van der Waals surface area contributed by atoms with Gasteiger partial charge in [-0.15, -0.1) is 22.9 Å². The van der Waals surface area contributed by atoms with E-state index in [0.717, 1.165) is 11.3 Å². The van der Waals surface area contributed by atoms with Crippen LogP contribution in [0.15, 0.2) is 12.1 Å². The summed E-state index contributed by atoms with van der Waals surface area (Å²) >= 11 is 7.31. The molecule has 0 atom stereocenters. The number of carbonyl (C=O) groups is 1. The standard InChI is InChI=1S/C9H11ClO2S/c1-7(11)12-5-4-8-2-3-9(6-10)13-8/h2-3H,4-6H2,1H3. The van der Waals surface area contributed by atoms with E-state index in [0.29, 0.717) is 12.5 Å². The molecule has 4 heteroatoms. The first-order chi connectivity index (χ1) is 6.22. The summed E-state index contributed by atoms with van der Waals surface area (Å²) in [6.45, 7) is 1.87. The van der Waals surface area contributed by atoms with Gasteiger partial charge in [0.15, 0.2) is 0 Å². The monoisotopic (exact) mass is 218 g/mol. The van der Waals surface area contributed by atoms with Crippen LogP contribution in [0.25, 0.3) is 0 Å². The Labute approximate surface area is 86.5 Å². The van der Waals surface area contributed by atoms with Crippen LogP contribution in [0, 0.1) is 0 Å². The van der Waals surface area contributed by atoms with Gasteiger partial charge in [-0.3, -0.25) is 4.79 Å². The largest absolute Gasteiger partial charge is 0.465 e. The minimum Gasteiger partial charge on any atom is -0.465 e. The molecule has 2 nitrogen and oxygen atoms in total. The molecule has 0 radical (unpaired) electrons. The Balaban J connectivity index is 2.32. The van der Waals surface area contributed by atoms with Gasteiger partial charge in [0, 0.05) is 23.1 Å². The highest BCUT2D eigenvalue weighted by Crippen LogP contribution is 2.18. The number of hydrogen-bond acceptors (Lipinski definition) is 3. The summed E-state index contributed by atoms with van der Waals surface area (Å²) in [4.78, 5) is 12.8. The maximum absolute atomic E-state index is 10.5. The maximum atomic E-state index is 10.5. The number of hydrogen-bond donors (Lipinski definition) is 0. The van der Waals surface area contributed by atoms with Crippen molar-refractivity contribution >= 4 is 28.9 Å². The first-order valence-electron chi connectivity index (χ1n) is 3.99. The molecule has 13 heavy (non-hydrogen) atoms. The van der Waals surface area contributed by atoms with E-state index >= 15 is 0 Å². The van der Waals surface area contributed by atoms with Crippen LogP contribution < -0.4 is 0 Å². The quantitative estimate of drug-likeness (QED) is 0.574. The molecule has 0 amide bonds. The molecular weight excluding hydrogens is 208 g/mol. The molecule has 0 aliphatic rings. The van der Waals surface area contributed by atoms with Crippen LogP contribution in [0.3, 0.4) is 0 Å². The van der Waals surface area contributed by atoms with Crippen molar-refractivity contribution in [3.05, 3.63) is 21.9 Å². The normalized spacial score (nSPS) is 10.0. The first-order valence-corrected chi connectivity index (χ1v) is 5.34. The zero-order valence-corrected chi connectivity index (χ0v) is 8.95. The Morgan fingerprint density at radius 3 is 2.77 bits per heavy atom. The van der Waals surface area contributed by atoms with E-state index in [-0.39, 0.29) is 5.97 Å². The fourth-order valence-corrected chi connectivity index (χ4v) is 2.03. The zero-order chi connectivity index (χ0) is 9.68. The van der Waals surface area contributed by atoms with Gasteiger partial charge < -0.3 is 4.74 Å². The predicted octanol–water partition coefficient (Wildman–Crippen LogP) is 2.59. The Bertz CT molecular complexity index is 283. The molecule has 0 unspecified atom stereocenters. The average Bonchev–Trinajstić information content (AvgIpc) is 2.52. The third-order valence-electron chi connectivity index (χ3n) is 1.50. The number of carbonyl (C=O) groups excluding carboxylic acids is 1. The molecule has 0 aliphatic heterocycles. The molecule has 0 saturated heterocycles. The van der Waals surface area contributed by atoms with Gasteiger partial charge in [-0.25, -0.2) is 0 Å². The Morgan fingerprint density at radius 2 is 2.23 bits per heavy atom. The molecule has 1 aromatic rings. The van der Waals surface area contributed by atoms with Crippen molar-refractivity contribution in [2.75, 3.05) is 6.61 Å². The lowest BCUT2D eigenvalue weighted by atomic mass is 10.3. The van der Waals surface area contributed by atoms with Gasteiger partial charge in [-0.05, 0) is 12.1 Å². The molecule has 0 saturated carbocycles. The van der Waals surface area contributed by atoms with E-state index in [4.69, 9.17) is 16.3 Å². The number of rotatable bonds is 4. The lowest BCUT2D eigenvalue weighted by Gasteiger charge is -1.98. The number of ether oxygens (including phenoxy) is 1. The summed E-state index contributed by atoms with van der Waals surface area (Å²) in [5.74, 6) is 0.326. The van der Waals surface area contributed by atoms with E-state index < -0.39 is 0 Å². The van der Waals surface area contributed by atoms with Crippen LogP contribution in [-0.4, -0.2) is 12.6 Å². The molecular formula is C9H11ClO2S. The highest BCUT2D eigenvalue weighted by molar-refractivity contribution is 7.12. The van der Waals surface area contributed by atoms with Crippen molar-refractivity contribution in [2.45, 2.75) is 19.2 Å². The van der Waals surface area contributed by atoms with E-state index in [1.807, 2.05) is 12.1 Å². The molecule has 0 aromatic carbocycles. The average molecular weight is 219 g/mol. The molecule has 0 bridgehead atoms. The Kier molecular flexibility index (Phi) is 4.25. The van der Waals surface area contributed by atoms with Crippen molar-refractivity contribution < 1.29 is 9.53 Å². The molecule has 0 fully saturated rings. The third kappa shape index (κ3) is 3.79. The van der Waals surface area contributed by atoms with Gasteiger partial charge in [0.05, 0.1) is 12.5 Å². The van der Waals surface area contributed by atoms with Crippen molar-refractivity contribution in [2.24, 2.45) is 0 Å². The van der Waals surface area contributed by atoms with E-state index in [2.05, 4.69) is 0 Å². The summed E-state index contributed by atoms with van der Waals surface area (Å²) < 4.78 is 4.82. The molecule has 72 valence electrons. The smallest absolute Gasteiger partial charge is 0.302 e. The maximum Gasteiger partial charge on any atom is 0.302 e. The SMILES string of the molecule is CC(=O)OCCc1ccc(CCl)s1. The van der Waals surface area contributed by atoms with Gasteiger partial charge in [0.2, 0.25) is 0 Å². The van der Waals surface area contributed by atoms with Crippen LogP contribution in [0.2, 0.25) is 0 Å². The van der Waals surface area contributed by atoms with Crippen molar-refractivity contribution in [1.29, 1.82) is 0 Å². The molecule has 1 rings (SSSR count). The number of alkyl halides is 1. The second-order valence-corrected chi connectivity index (χ2v) is 4.11. The van der Waals surface area contributed by atoms with E-state index in [1.165, 1.54) is 11.8 Å². The van der Waals surface area contributed by atoms with Gasteiger partial charge >= 0.3 is 5.97 Å². The van der Waals surface area contributed by atoms with Crippen LogP contribution in [-0.2, 0) is 21.8 Å². The summed E-state index contributed by atoms with van der Waals surface area (Å²) in [7, 11) is 0. The molecule has 1 heterocycles. The van der Waals surface area contributed by atoms with Crippen LogP contribution in [0.1, 0.15) is 16.7 Å². The van der Waals surface area contributed by atoms with Crippen molar-refractivity contribution in [3.8, 4) is 0 Å². The summed E-state index contributed by atoms with van der Waals surface area (Å²) in [6, 6.07) is 4.02. The van der Waals surface area contributed by atoms with E-state index in [9.17, 15) is 4.79 Å². The summed E-state index contributed by atoms with van der Waals surface area (Å²) in [5.41, 5.74) is 0. The summed E-state index contributed by atoms with van der Waals surface area (Å²) in [6.07, 6.45) is 0.779. The van der Waals surface area contributed by atoms with Crippen molar-refractivity contribution in [3.63, 3.8) is 0 Å². The van der Waals surface area contributed by atoms with Crippen LogP contribution in [0.4, 0.5) is 0 Å². The van der Waals surface area contributed by atoms with Crippen LogP contribution >= 0.6 is 22.9 Å². The highest BCUT2D eigenvalue weighted by Gasteiger charge is 1.99. The first kappa shape index (κ1) is 10.5.